The Morgan fingerprint density at radius 3 is 2.78 bits per heavy atom. The van der Waals surface area contributed by atoms with Crippen molar-refractivity contribution >= 4 is 11.0 Å². The van der Waals surface area contributed by atoms with Crippen molar-refractivity contribution in [3.8, 4) is 5.75 Å². The fourth-order valence-electron chi connectivity index (χ4n) is 6.91. The third-order valence-corrected chi connectivity index (χ3v) is 8.86. The highest BCUT2D eigenvalue weighted by Crippen LogP contribution is 2.60. The first-order chi connectivity index (χ1) is 17.3. The zero-order chi connectivity index (χ0) is 25.1. The van der Waals surface area contributed by atoms with Crippen LogP contribution in [0, 0.1) is 30.6 Å². The maximum atomic E-state index is 11.7. The Morgan fingerprint density at radius 1 is 1.06 bits per heavy atom. The average Bonchev–Trinajstić information content (AvgIpc) is 3.07. The van der Waals surface area contributed by atoms with Crippen molar-refractivity contribution in [2.24, 2.45) is 23.7 Å². The van der Waals surface area contributed by atoms with Crippen LogP contribution in [0.4, 0.5) is 0 Å². The quantitative estimate of drug-likeness (QED) is 0.308. The summed E-state index contributed by atoms with van der Waals surface area (Å²) in [6.07, 6.45) is 3.85. The third-order valence-electron chi connectivity index (χ3n) is 8.86. The largest absolute Gasteiger partial charge is 0.493 e. The Morgan fingerprint density at radius 2 is 1.92 bits per heavy atom. The van der Waals surface area contributed by atoms with Gasteiger partial charge in [0.2, 0.25) is 5.79 Å². The molecule has 196 valence electrons. The van der Waals surface area contributed by atoms with Crippen molar-refractivity contribution < 1.29 is 33.1 Å². The van der Waals surface area contributed by atoms with Crippen LogP contribution in [-0.4, -0.2) is 37.2 Å². The van der Waals surface area contributed by atoms with Gasteiger partial charge in [0.05, 0.1) is 13.2 Å². The van der Waals surface area contributed by atoms with E-state index in [4.69, 9.17) is 33.1 Å². The fourth-order valence-corrected chi connectivity index (χ4v) is 6.91. The summed E-state index contributed by atoms with van der Waals surface area (Å²) in [6, 6.07) is 7.06. The van der Waals surface area contributed by atoms with Crippen molar-refractivity contribution in [3.05, 3.63) is 40.2 Å². The molecule has 0 unspecified atom stereocenters. The molecule has 5 fully saturated rings. The molecule has 0 radical (unpaired) electrons. The van der Waals surface area contributed by atoms with Crippen LogP contribution in [-0.2, 0) is 24.0 Å². The molecule has 36 heavy (non-hydrogen) atoms. The van der Waals surface area contributed by atoms with Gasteiger partial charge in [-0.25, -0.2) is 14.6 Å². The van der Waals surface area contributed by atoms with E-state index in [1.54, 1.807) is 6.07 Å². The molecule has 5 aliphatic rings. The second kappa shape index (κ2) is 9.10. The van der Waals surface area contributed by atoms with E-state index in [0.717, 1.165) is 30.2 Å². The summed E-state index contributed by atoms with van der Waals surface area (Å²) in [5.74, 6) is 1.16. The number of benzene rings is 1. The van der Waals surface area contributed by atoms with Gasteiger partial charge in [-0.05, 0) is 62.6 Å². The second-order valence-electron chi connectivity index (χ2n) is 11.3. The minimum atomic E-state index is -0.784. The molecule has 5 heterocycles. The summed E-state index contributed by atoms with van der Waals surface area (Å²) in [5, 5.41) is 0.906. The monoisotopic (exact) mass is 500 g/mol. The molecule has 1 aromatic heterocycles. The van der Waals surface area contributed by atoms with Crippen molar-refractivity contribution in [2.75, 3.05) is 13.2 Å². The van der Waals surface area contributed by atoms with Gasteiger partial charge in [0, 0.05) is 42.2 Å². The lowest BCUT2D eigenvalue weighted by molar-refractivity contribution is -0.577. The highest BCUT2D eigenvalue weighted by atomic mass is 17.3. The van der Waals surface area contributed by atoms with Gasteiger partial charge in [0.25, 0.3) is 0 Å². The van der Waals surface area contributed by atoms with Gasteiger partial charge in [0.1, 0.15) is 11.3 Å². The van der Waals surface area contributed by atoms with E-state index in [9.17, 15) is 4.79 Å². The Kier molecular flexibility index (Phi) is 6.16. The van der Waals surface area contributed by atoms with Crippen LogP contribution in [0.5, 0.6) is 5.75 Å². The molecule has 0 amide bonds. The molecule has 2 bridgehead atoms. The summed E-state index contributed by atoms with van der Waals surface area (Å²) in [5.41, 5.74) is 0.494. The number of hydrogen-bond donors (Lipinski definition) is 0. The molecule has 1 saturated carbocycles. The number of hydrogen-bond acceptors (Lipinski definition) is 8. The van der Waals surface area contributed by atoms with Crippen LogP contribution in [0.3, 0.4) is 0 Å². The summed E-state index contributed by atoms with van der Waals surface area (Å²) < 4.78 is 30.3. The van der Waals surface area contributed by atoms with Crippen LogP contribution in [0.2, 0.25) is 0 Å². The predicted molar refractivity (Wildman–Crippen MR) is 130 cm³/mol. The first-order valence-corrected chi connectivity index (χ1v) is 13.3. The van der Waals surface area contributed by atoms with Crippen LogP contribution < -0.4 is 10.4 Å². The zero-order valence-corrected chi connectivity index (χ0v) is 21.5. The smallest absolute Gasteiger partial charge is 0.336 e. The normalized spacial score (nSPS) is 39.6. The van der Waals surface area contributed by atoms with Gasteiger partial charge in [-0.2, -0.15) is 0 Å². The lowest BCUT2D eigenvalue weighted by atomic mass is 9.58. The number of rotatable bonds is 6. The number of aryl methyl sites for hydroxylation is 1. The lowest BCUT2D eigenvalue weighted by Crippen LogP contribution is -2.70. The highest BCUT2D eigenvalue weighted by molar-refractivity contribution is 5.81. The molecule has 1 aliphatic carbocycles. The van der Waals surface area contributed by atoms with Crippen LogP contribution in [0.25, 0.3) is 11.0 Å². The Labute approximate surface area is 211 Å². The van der Waals surface area contributed by atoms with Crippen LogP contribution in [0.1, 0.15) is 58.4 Å². The van der Waals surface area contributed by atoms with E-state index in [1.807, 2.05) is 26.0 Å². The molecular weight excluding hydrogens is 464 g/mol. The van der Waals surface area contributed by atoms with Crippen LogP contribution >= 0.6 is 0 Å². The molecule has 8 nitrogen and oxygen atoms in total. The van der Waals surface area contributed by atoms with Gasteiger partial charge in [-0.3, -0.25) is 0 Å². The minimum Gasteiger partial charge on any atom is -0.493 e. The molecule has 8 atom stereocenters. The van der Waals surface area contributed by atoms with E-state index in [2.05, 4.69) is 13.8 Å². The van der Waals surface area contributed by atoms with Crippen molar-refractivity contribution in [1.82, 2.24) is 0 Å². The SMILES string of the molecule is Cc1cc(=O)oc2cc(OCCCO[C@H]3O[C@@H]4O[C@@]5(C)CC[C@H]6[C@H](C)CC[C@@H]([C@H]3C)[C@@]46OO5)ccc12. The zero-order valence-electron chi connectivity index (χ0n) is 21.5. The number of fused-ring (bicyclic) bond motifs is 3. The van der Waals surface area contributed by atoms with E-state index in [0.29, 0.717) is 42.8 Å². The Hall–Kier alpha value is -1.97. The fraction of sp³-hybridized carbons (Fsp3) is 0.679. The van der Waals surface area contributed by atoms with Crippen molar-refractivity contribution in [2.45, 2.75) is 83.8 Å². The molecule has 2 aromatic rings. The minimum absolute atomic E-state index is 0.151. The molecule has 7 rings (SSSR count). The first kappa shape index (κ1) is 24.4. The molecule has 4 aliphatic heterocycles. The summed E-state index contributed by atoms with van der Waals surface area (Å²) >= 11 is 0. The van der Waals surface area contributed by atoms with Gasteiger partial charge < -0.3 is 23.4 Å². The summed E-state index contributed by atoms with van der Waals surface area (Å²) in [6.45, 7) is 9.31. The average molecular weight is 501 g/mol. The van der Waals surface area contributed by atoms with Gasteiger partial charge >= 0.3 is 5.63 Å². The lowest BCUT2D eigenvalue weighted by Gasteiger charge is -2.60. The van der Waals surface area contributed by atoms with Gasteiger partial charge in [-0.15, -0.1) is 0 Å². The molecular formula is C28H36O8. The molecule has 4 saturated heterocycles. The van der Waals surface area contributed by atoms with E-state index < -0.39 is 17.7 Å². The van der Waals surface area contributed by atoms with E-state index in [-0.39, 0.29) is 23.8 Å². The second-order valence-corrected chi connectivity index (χ2v) is 11.3. The molecule has 0 N–H and O–H groups in total. The molecule has 8 heteroatoms. The van der Waals surface area contributed by atoms with E-state index >= 15 is 0 Å². The van der Waals surface area contributed by atoms with Gasteiger partial charge in [-0.1, -0.05) is 13.8 Å². The summed E-state index contributed by atoms with van der Waals surface area (Å²) in [7, 11) is 0. The Bertz CT molecular complexity index is 1180. The van der Waals surface area contributed by atoms with Crippen molar-refractivity contribution in [1.29, 1.82) is 0 Å². The van der Waals surface area contributed by atoms with Gasteiger partial charge in [0.15, 0.2) is 18.2 Å². The molecule has 1 aromatic carbocycles. The highest BCUT2D eigenvalue weighted by Gasteiger charge is 2.69. The maximum Gasteiger partial charge on any atom is 0.336 e. The standard InChI is InChI=1S/C28H36O8/c1-16-6-9-22-18(3)25(33-26-28(22)21(16)10-11-27(4,34-26)35-36-28)31-13-5-12-30-19-7-8-20-17(2)14-24(29)32-23(20)15-19/h7-8,14-16,18,21-22,25-26H,5-6,9-13H2,1-4H3/t16-,18-,21+,22+,25+,26-,27-,28-/m1/s1. The third kappa shape index (κ3) is 3.98. The van der Waals surface area contributed by atoms with E-state index in [1.165, 1.54) is 12.5 Å². The summed E-state index contributed by atoms with van der Waals surface area (Å²) in [4.78, 5) is 23.7. The molecule has 1 spiro atoms. The Balaban J connectivity index is 1.08. The van der Waals surface area contributed by atoms with Crippen LogP contribution in [0.15, 0.2) is 33.5 Å². The maximum absolute atomic E-state index is 11.7. The first-order valence-electron chi connectivity index (χ1n) is 13.3. The predicted octanol–water partition coefficient (Wildman–Crippen LogP) is 5.09. The van der Waals surface area contributed by atoms with Crippen molar-refractivity contribution in [3.63, 3.8) is 0 Å². The topological polar surface area (TPSA) is 85.6 Å². The number of ether oxygens (including phenoxy) is 4.